The SMILES string of the molecule is Cc1ccc2nc3c(n2c1)C[C@@]1(C)[C@@H](CC[C@@H]2[C@@H]1CC[C@]1(C)NC(=O)CC[C@@H]21)C3. The third-order valence-corrected chi connectivity index (χ3v) is 9.50. The minimum absolute atomic E-state index is 0.0277. The fraction of sp³-hybridized carbons (Fsp3) is 0.680. The molecule has 6 atom stereocenters. The predicted molar refractivity (Wildman–Crippen MR) is 114 cm³/mol. The van der Waals surface area contributed by atoms with Crippen LogP contribution in [-0.2, 0) is 17.6 Å². The van der Waals surface area contributed by atoms with Crippen molar-refractivity contribution >= 4 is 11.6 Å². The summed E-state index contributed by atoms with van der Waals surface area (Å²) in [5, 5.41) is 3.40. The van der Waals surface area contributed by atoms with E-state index >= 15 is 0 Å². The van der Waals surface area contributed by atoms with Crippen LogP contribution in [0.15, 0.2) is 18.3 Å². The molecule has 1 aliphatic heterocycles. The molecular weight excluding hydrogens is 358 g/mol. The van der Waals surface area contributed by atoms with Crippen LogP contribution in [-0.4, -0.2) is 20.8 Å². The van der Waals surface area contributed by atoms with E-state index in [1.165, 1.54) is 36.2 Å². The lowest BCUT2D eigenvalue weighted by Gasteiger charge is -2.61. The maximum absolute atomic E-state index is 12.1. The Labute approximate surface area is 173 Å². The molecule has 0 radical (unpaired) electrons. The van der Waals surface area contributed by atoms with Crippen LogP contribution in [0.5, 0.6) is 0 Å². The Kier molecular flexibility index (Phi) is 3.63. The molecule has 154 valence electrons. The van der Waals surface area contributed by atoms with Crippen LogP contribution >= 0.6 is 0 Å². The van der Waals surface area contributed by atoms with Gasteiger partial charge in [0.25, 0.3) is 0 Å². The van der Waals surface area contributed by atoms with Crippen LogP contribution in [0.1, 0.15) is 69.3 Å². The number of aryl methyl sites for hydroxylation is 1. The van der Waals surface area contributed by atoms with Gasteiger partial charge >= 0.3 is 0 Å². The van der Waals surface area contributed by atoms with Gasteiger partial charge in [0.1, 0.15) is 5.65 Å². The number of aromatic nitrogens is 2. The summed E-state index contributed by atoms with van der Waals surface area (Å²) in [6.45, 7) is 7.09. The van der Waals surface area contributed by atoms with Crippen LogP contribution in [0.4, 0.5) is 0 Å². The van der Waals surface area contributed by atoms with Gasteiger partial charge in [-0.1, -0.05) is 13.0 Å². The molecule has 1 saturated heterocycles. The van der Waals surface area contributed by atoms with E-state index in [-0.39, 0.29) is 11.4 Å². The molecule has 3 fully saturated rings. The molecule has 4 heteroatoms. The fourth-order valence-electron chi connectivity index (χ4n) is 8.01. The zero-order valence-electron chi connectivity index (χ0n) is 18.0. The molecule has 3 aliphatic carbocycles. The second-order valence-corrected chi connectivity index (χ2v) is 11.0. The number of carbonyl (C=O) groups excluding carboxylic acids is 1. The lowest BCUT2D eigenvalue weighted by Crippen LogP contribution is -2.63. The Morgan fingerprint density at radius 2 is 2.00 bits per heavy atom. The van der Waals surface area contributed by atoms with Crippen molar-refractivity contribution in [2.45, 2.75) is 77.7 Å². The van der Waals surface area contributed by atoms with Crippen molar-refractivity contribution in [3.63, 3.8) is 0 Å². The summed E-state index contributed by atoms with van der Waals surface area (Å²) in [5.41, 5.74) is 5.62. The van der Waals surface area contributed by atoms with Crippen LogP contribution < -0.4 is 5.32 Å². The van der Waals surface area contributed by atoms with Crippen molar-refractivity contribution < 1.29 is 4.79 Å². The van der Waals surface area contributed by atoms with Crippen LogP contribution in [0.25, 0.3) is 5.65 Å². The van der Waals surface area contributed by atoms with E-state index in [9.17, 15) is 4.79 Å². The molecule has 2 aromatic heterocycles. The van der Waals surface area contributed by atoms with Gasteiger partial charge in [-0.3, -0.25) is 4.79 Å². The number of rotatable bonds is 0. The zero-order valence-corrected chi connectivity index (χ0v) is 18.0. The Bertz CT molecular complexity index is 1010. The highest BCUT2D eigenvalue weighted by atomic mass is 16.1. The smallest absolute Gasteiger partial charge is 0.220 e. The van der Waals surface area contributed by atoms with Gasteiger partial charge in [0.2, 0.25) is 5.91 Å². The first kappa shape index (κ1) is 18.0. The first-order valence-corrected chi connectivity index (χ1v) is 11.6. The highest BCUT2D eigenvalue weighted by Crippen LogP contribution is 2.61. The number of carbonyl (C=O) groups is 1. The van der Waals surface area contributed by atoms with E-state index in [4.69, 9.17) is 4.98 Å². The monoisotopic (exact) mass is 391 g/mol. The first-order valence-electron chi connectivity index (χ1n) is 11.6. The minimum atomic E-state index is 0.0277. The maximum atomic E-state index is 12.1. The summed E-state index contributed by atoms with van der Waals surface area (Å²) in [6.07, 6.45) is 11.5. The van der Waals surface area contributed by atoms with Gasteiger partial charge in [0, 0.05) is 23.9 Å². The summed E-state index contributed by atoms with van der Waals surface area (Å²) in [5.74, 6) is 3.22. The van der Waals surface area contributed by atoms with Crippen LogP contribution in [0.2, 0.25) is 0 Å². The molecule has 0 spiro atoms. The van der Waals surface area contributed by atoms with Gasteiger partial charge < -0.3 is 9.72 Å². The Hall–Kier alpha value is -1.84. The molecule has 6 rings (SSSR count). The molecular formula is C25H33N3O. The molecule has 1 amide bonds. The van der Waals surface area contributed by atoms with Gasteiger partial charge in [-0.25, -0.2) is 4.98 Å². The molecule has 3 heterocycles. The Balaban J connectivity index is 1.39. The summed E-state index contributed by atoms with van der Waals surface area (Å²) >= 11 is 0. The van der Waals surface area contributed by atoms with Gasteiger partial charge in [0.15, 0.2) is 0 Å². The number of piperidine rings is 1. The second kappa shape index (κ2) is 5.86. The van der Waals surface area contributed by atoms with E-state index in [0.717, 1.165) is 55.5 Å². The molecule has 2 aromatic rings. The number of hydrogen-bond acceptors (Lipinski definition) is 2. The maximum Gasteiger partial charge on any atom is 0.220 e. The van der Waals surface area contributed by atoms with Crippen molar-refractivity contribution in [2.75, 3.05) is 0 Å². The topological polar surface area (TPSA) is 46.4 Å². The molecule has 2 saturated carbocycles. The minimum Gasteiger partial charge on any atom is -0.351 e. The Morgan fingerprint density at radius 3 is 2.86 bits per heavy atom. The number of nitrogens with one attached hydrogen (secondary N) is 1. The standard InChI is InChI=1S/C25H33N3O/c1-15-4-8-22-26-20-12-16-5-6-17-18(24(16,2)13-21(20)28(22)14-15)10-11-25(3)19(17)7-9-23(29)27-25/h4,8,14,16-19H,5-7,9-13H2,1-3H3,(H,27,29)/t16-,17+,18-,19-,24-,25-/m0/s1. The van der Waals surface area contributed by atoms with Crippen LogP contribution in [0.3, 0.4) is 0 Å². The second-order valence-electron chi connectivity index (χ2n) is 11.0. The molecule has 0 bridgehead atoms. The number of hydrogen-bond donors (Lipinski definition) is 1. The van der Waals surface area contributed by atoms with Gasteiger partial charge in [-0.05, 0) is 99.5 Å². The van der Waals surface area contributed by atoms with Gasteiger partial charge in [-0.2, -0.15) is 0 Å². The van der Waals surface area contributed by atoms with Gasteiger partial charge in [0.05, 0.1) is 5.69 Å². The van der Waals surface area contributed by atoms with Crippen LogP contribution in [0, 0.1) is 36.0 Å². The quantitative estimate of drug-likeness (QED) is 0.720. The summed E-state index contributed by atoms with van der Waals surface area (Å²) < 4.78 is 2.38. The number of pyridine rings is 1. The zero-order chi connectivity index (χ0) is 20.0. The van der Waals surface area contributed by atoms with Crippen molar-refractivity contribution in [3.05, 3.63) is 35.3 Å². The van der Waals surface area contributed by atoms with Gasteiger partial charge in [-0.15, -0.1) is 0 Å². The summed E-state index contributed by atoms with van der Waals surface area (Å²) in [4.78, 5) is 17.1. The lowest BCUT2D eigenvalue weighted by atomic mass is 9.45. The van der Waals surface area contributed by atoms with E-state index < -0.39 is 0 Å². The van der Waals surface area contributed by atoms with Crippen molar-refractivity contribution in [1.29, 1.82) is 0 Å². The molecule has 4 nitrogen and oxygen atoms in total. The highest BCUT2D eigenvalue weighted by Gasteiger charge is 2.58. The van der Waals surface area contributed by atoms with Crippen molar-refractivity contribution in [2.24, 2.45) is 29.1 Å². The average Bonchev–Trinajstić information content (AvgIpc) is 3.01. The van der Waals surface area contributed by atoms with Crippen molar-refractivity contribution in [1.82, 2.24) is 14.7 Å². The highest BCUT2D eigenvalue weighted by molar-refractivity contribution is 5.77. The summed E-state index contributed by atoms with van der Waals surface area (Å²) in [7, 11) is 0. The number of fused-ring (bicyclic) bond motifs is 8. The van der Waals surface area contributed by atoms with E-state index in [0.29, 0.717) is 11.3 Å². The third kappa shape index (κ3) is 2.44. The molecule has 0 unspecified atom stereocenters. The first-order chi connectivity index (χ1) is 13.9. The van der Waals surface area contributed by atoms with Crippen molar-refractivity contribution in [3.8, 4) is 0 Å². The number of nitrogens with zero attached hydrogens (tertiary/aromatic N) is 2. The number of amides is 1. The lowest BCUT2D eigenvalue weighted by molar-refractivity contribution is -0.136. The largest absolute Gasteiger partial charge is 0.351 e. The molecule has 0 aromatic carbocycles. The van der Waals surface area contributed by atoms with E-state index in [1.54, 1.807) is 0 Å². The van der Waals surface area contributed by atoms with E-state index in [2.05, 4.69) is 48.8 Å². The molecule has 29 heavy (non-hydrogen) atoms. The Morgan fingerprint density at radius 1 is 1.14 bits per heavy atom. The normalized spacial score (nSPS) is 41.1. The molecule has 1 N–H and O–H groups in total. The van der Waals surface area contributed by atoms with E-state index in [1.807, 2.05) is 0 Å². The molecule has 4 aliphatic rings. The third-order valence-electron chi connectivity index (χ3n) is 9.50. The average molecular weight is 392 g/mol. The predicted octanol–water partition coefficient (Wildman–Crippen LogP) is 4.47. The summed E-state index contributed by atoms with van der Waals surface area (Å²) in [6, 6.07) is 4.36. The number of imidazole rings is 1. The fourth-order valence-corrected chi connectivity index (χ4v) is 8.01.